The first kappa shape index (κ1) is 23.2. The summed E-state index contributed by atoms with van der Waals surface area (Å²) in [7, 11) is 1.82. The lowest BCUT2D eigenvalue weighted by molar-refractivity contribution is -0.111. The Hall–Kier alpha value is -3.97. The van der Waals surface area contributed by atoms with Gasteiger partial charge >= 0.3 is 6.09 Å². The van der Waals surface area contributed by atoms with Crippen molar-refractivity contribution in [2.24, 2.45) is 13.0 Å². The second-order valence-electron chi connectivity index (χ2n) is 8.01. The first-order valence-electron chi connectivity index (χ1n) is 10.8. The fourth-order valence-corrected chi connectivity index (χ4v) is 5.10. The third-order valence-electron chi connectivity index (χ3n) is 5.47. The van der Waals surface area contributed by atoms with Crippen LogP contribution >= 0.6 is 11.3 Å². The van der Waals surface area contributed by atoms with Crippen molar-refractivity contribution in [3.8, 4) is 6.07 Å². The standard InChI is InChI=1S/C24H24N6O3S/c1-30-14-18(13-28-30)12-27-24(32)33-15-17-4-6-19-20(10-25)23(34-21(19)9-17)29-22(31)7-5-16-3-2-8-26-11-16/h2-3,5,7-8,11,13-14,17H,4,6,9,12,15H2,1H3,(H,27,32)(H,29,31). The number of pyridine rings is 1. The molecule has 0 aliphatic heterocycles. The molecule has 2 N–H and O–H groups in total. The van der Waals surface area contributed by atoms with Gasteiger partial charge in [-0.25, -0.2) is 4.79 Å². The largest absolute Gasteiger partial charge is 0.449 e. The lowest BCUT2D eigenvalue weighted by Gasteiger charge is -2.21. The average molecular weight is 477 g/mol. The predicted octanol–water partition coefficient (Wildman–Crippen LogP) is 3.43. The second-order valence-corrected chi connectivity index (χ2v) is 9.12. The van der Waals surface area contributed by atoms with Crippen LogP contribution in [0, 0.1) is 17.2 Å². The smallest absolute Gasteiger partial charge is 0.407 e. The molecule has 1 aliphatic carbocycles. The number of aryl methyl sites for hydroxylation is 1. The summed E-state index contributed by atoms with van der Waals surface area (Å²) in [5.74, 6) is -0.139. The maximum Gasteiger partial charge on any atom is 0.407 e. The SMILES string of the molecule is Cn1cc(CNC(=O)OCC2CCc3c(sc(NC(=O)C=Cc4cccnc4)c3C#N)C2)cn1. The van der Waals surface area contributed by atoms with Gasteiger partial charge in [0, 0.05) is 48.7 Å². The van der Waals surface area contributed by atoms with E-state index in [1.54, 1.807) is 35.4 Å². The minimum absolute atomic E-state index is 0.163. The zero-order valence-electron chi connectivity index (χ0n) is 18.7. The van der Waals surface area contributed by atoms with E-state index in [1.807, 2.05) is 19.3 Å². The number of rotatable bonds is 7. The van der Waals surface area contributed by atoms with E-state index in [-0.39, 0.29) is 11.8 Å². The van der Waals surface area contributed by atoms with E-state index in [0.717, 1.165) is 28.0 Å². The Morgan fingerprint density at radius 1 is 1.41 bits per heavy atom. The van der Waals surface area contributed by atoms with Crippen molar-refractivity contribution < 1.29 is 14.3 Å². The van der Waals surface area contributed by atoms with Crippen molar-refractivity contribution in [3.05, 3.63) is 70.1 Å². The summed E-state index contributed by atoms with van der Waals surface area (Å²) in [4.78, 5) is 29.5. The van der Waals surface area contributed by atoms with E-state index < -0.39 is 6.09 Å². The van der Waals surface area contributed by atoms with Gasteiger partial charge in [0.1, 0.15) is 11.1 Å². The number of fused-ring (bicyclic) bond motifs is 1. The Labute approximate surface area is 201 Å². The first-order chi connectivity index (χ1) is 16.5. The van der Waals surface area contributed by atoms with Gasteiger partial charge in [0.15, 0.2) is 0 Å². The molecule has 0 fully saturated rings. The molecule has 2 amide bonds. The van der Waals surface area contributed by atoms with Gasteiger partial charge in [-0.1, -0.05) is 6.07 Å². The Morgan fingerprint density at radius 2 is 2.29 bits per heavy atom. The number of nitrogens with one attached hydrogen (secondary N) is 2. The monoisotopic (exact) mass is 476 g/mol. The Kier molecular flexibility index (Phi) is 7.34. The summed E-state index contributed by atoms with van der Waals surface area (Å²) in [6.07, 6.45) is 11.7. The van der Waals surface area contributed by atoms with Crippen molar-refractivity contribution in [1.29, 1.82) is 5.26 Å². The number of nitrogens with zero attached hydrogens (tertiary/aromatic N) is 4. The molecule has 3 aromatic rings. The molecule has 0 aromatic carbocycles. The topological polar surface area (TPSA) is 122 Å². The fourth-order valence-electron chi connectivity index (χ4n) is 3.78. The summed E-state index contributed by atoms with van der Waals surface area (Å²) >= 11 is 1.42. The molecule has 0 bridgehead atoms. The molecule has 34 heavy (non-hydrogen) atoms. The van der Waals surface area contributed by atoms with Crippen LogP contribution in [-0.2, 0) is 36.0 Å². The third-order valence-corrected chi connectivity index (χ3v) is 6.64. The fraction of sp³-hybridized carbons (Fsp3) is 0.292. The zero-order chi connectivity index (χ0) is 23.9. The number of ether oxygens (including phenoxy) is 1. The van der Waals surface area contributed by atoms with E-state index in [4.69, 9.17) is 4.74 Å². The van der Waals surface area contributed by atoms with Crippen LogP contribution in [-0.4, -0.2) is 33.4 Å². The van der Waals surface area contributed by atoms with Crippen molar-refractivity contribution >= 4 is 34.4 Å². The highest BCUT2D eigenvalue weighted by Gasteiger charge is 2.27. The van der Waals surface area contributed by atoms with Gasteiger partial charge in [-0.05, 0) is 48.4 Å². The molecule has 3 heterocycles. The Bertz CT molecular complexity index is 1240. The molecule has 0 radical (unpaired) electrons. The van der Waals surface area contributed by atoms with E-state index >= 15 is 0 Å². The summed E-state index contributed by atoms with van der Waals surface area (Å²) in [5, 5.41) is 19.9. The van der Waals surface area contributed by atoms with E-state index in [0.29, 0.717) is 36.6 Å². The maximum atomic E-state index is 12.4. The molecular formula is C24H24N6O3S. The van der Waals surface area contributed by atoms with Gasteiger partial charge in [-0.3, -0.25) is 14.5 Å². The summed E-state index contributed by atoms with van der Waals surface area (Å²) < 4.78 is 7.08. The van der Waals surface area contributed by atoms with Crippen LogP contribution in [0.2, 0.25) is 0 Å². The van der Waals surface area contributed by atoms with Gasteiger partial charge in [-0.2, -0.15) is 10.4 Å². The molecule has 1 aliphatic rings. The predicted molar refractivity (Wildman–Crippen MR) is 128 cm³/mol. The molecule has 0 saturated carbocycles. The summed E-state index contributed by atoms with van der Waals surface area (Å²) in [5.41, 5.74) is 3.22. The number of aromatic nitrogens is 3. The molecule has 0 spiro atoms. The molecule has 3 aromatic heterocycles. The number of hydrogen-bond donors (Lipinski definition) is 2. The molecular weight excluding hydrogens is 452 g/mol. The Morgan fingerprint density at radius 3 is 3.03 bits per heavy atom. The van der Waals surface area contributed by atoms with Crippen LogP contribution < -0.4 is 10.6 Å². The molecule has 9 nitrogen and oxygen atoms in total. The molecule has 4 rings (SSSR count). The number of carbonyl (C=O) groups excluding carboxylic acids is 2. The molecule has 1 atom stereocenters. The highest BCUT2D eigenvalue weighted by atomic mass is 32.1. The normalized spacial score (nSPS) is 14.9. The number of anilines is 1. The Balaban J connectivity index is 1.31. The van der Waals surface area contributed by atoms with Crippen LogP contribution in [0.15, 0.2) is 43.0 Å². The summed E-state index contributed by atoms with van der Waals surface area (Å²) in [6, 6.07) is 5.89. The molecule has 0 saturated heterocycles. The molecule has 1 unspecified atom stereocenters. The van der Waals surface area contributed by atoms with Gasteiger partial charge in [-0.15, -0.1) is 11.3 Å². The number of alkyl carbamates (subject to hydrolysis) is 1. The number of thiophene rings is 1. The number of nitriles is 1. The van der Waals surface area contributed by atoms with Gasteiger partial charge < -0.3 is 15.4 Å². The van der Waals surface area contributed by atoms with Crippen LogP contribution in [0.3, 0.4) is 0 Å². The van der Waals surface area contributed by atoms with Gasteiger partial charge in [0.25, 0.3) is 0 Å². The highest BCUT2D eigenvalue weighted by molar-refractivity contribution is 7.16. The lowest BCUT2D eigenvalue weighted by Crippen LogP contribution is -2.27. The average Bonchev–Trinajstić information content (AvgIpc) is 3.42. The van der Waals surface area contributed by atoms with Gasteiger partial charge in [0.05, 0.1) is 18.4 Å². The summed E-state index contributed by atoms with van der Waals surface area (Å²) in [6.45, 7) is 0.657. The van der Waals surface area contributed by atoms with E-state index in [2.05, 4.69) is 26.8 Å². The van der Waals surface area contributed by atoms with E-state index in [1.165, 1.54) is 17.4 Å². The lowest BCUT2D eigenvalue weighted by atomic mass is 9.88. The van der Waals surface area contributed by atoms with Crippen molar-refractivity contribution in [2.75, 3.05) is 11.9 Å². The number of amides is 2. The van der Waals surface area contributed by atoms with Crippen LogP contribution in [0.5, 0.6) is 0 Å². The molecule has 10 heteroatoms. The second kappa shape index (κ2) is 10.8. The molecule has 174 valence electrons. The highest BCUT2D eigenvalue weighted by Crippen LogP contribution is 2.39. The van der Waals surface area contributed by atoms with E-state index in [9.17, 15) is 14.9 Å². The number of hydrogen-bond acceptors (Lipinski definition) is 7. The number of carbonyl (C=O) groups is 2. The minimum Gasteiger partial charge on any atom is -0.449 e. The zero-order valence-corrected chi connectivity index (χ0v) is 19.5. The van der Waals surface area contributed by atoms with Crippen LogP contribution in [0.4, 0.5) is 9.80 Å². The van der Waals surface area contributed by atoms with Crippen molar-refractivity contribution in [2.45, 2.75) is 25.8 Å². The first-order valence-corrected chi connectivity index (χ1v) is 11.7. The van der Waals surface area contributed by atoms with Crippen LogP contribution in [0.25, 0.3) is 6.08 Å². The van der Waals surface area contributed by atoms with Crippen molar-refractivity contribution in [3.63, 3.8) is 0 Å². The minimum atomic E-state index is -0.466. The quantitative estimate of drug-likeness (QED) is 0.504. The maximum absolute atomic E-state index is 12.4. The van der Waals surface area contributed by atoms with Crippen LogP contribution in [0.1, 0.15) is 33.6 Å². The van der Waals surface area contributed by atoms with Crippen molar-refractivity contribution in [1.82, 2.24) is 20.1 Å². The van der Waals surface area contributed by atoms with Gasteiger partial charge in [0.2, 0.25) is 5.91 Å². The third kappa shape index (κ3) is 5.88.